The number of aromatic nitrogens is 1. The quantitative estimate of drug-likeness (QED) is 0.428. The summed E-state index contributed by atoms with van der Waals surface area (Å²) < 4.78 is 0. The lowest BCUT2D eigenvalue weighted by Crippen LogP contribution is -2.28. The molecule has 3 heterocycles. The number of hydrogen-bond acceptors (Lipinski definition) is 5. The first kappa shape index (κ1) is 17.2. The van der Waals surface area contributed by atoms with Crippen molar-refractivity contribution in [1.82, 2.24) is 9.88 Å². The number of carbonyl (C=O) groups is 2. The van der Waals surface area contributed by atoms with Crippen LogP contribution in [0.3, 0.4) is 0 Å². The van der Waals surface area contributed by atoms with E-state index in [0.29, 0.717) is 5.56 Å². The normalized spacial score (nSPS) is 18.8. The Balaban J connectivity index is 1.83. The Morgan fingerprint density at radius 3 is 2.44 bits per heavy atom. The van der Waals surface area contributed by atoms with Gasteiger partial charge in [-0.3, -0.25) is 14.6 Å². The van der Waals surface area contributed by atoms with Gasteiger partial charge in [-0.25, -0.2) is 0 Å². The maximum absolute atomic E-state index is 12.8. The smallest absolute Gasteiger partial charge is 0.295 e. The summed E-state index contributed by atoms with van der Waals surface area (Å²) in [6, 6.07) is 15.6. The number of nitrogens with zero attached hydrogens (tertiary/aromatic N) is 2. The van der Waals surface area contributed by atoms with Gasteiger partial charge in [0.15, 0.2) is 0 Å². The van der Waals surface area contributed by atoms with Crippen LogP contribution in [0, 0.1) is 0 Å². The Bertz CT molecular complexity index is 998. The van der Waals surface area contributed by atoms with E-state index in [4.69, 9.17) is 0 Å². The summed E-state index contributed by atoms with van der Waals surface area (Å²) in [7, 11) is 0. The second kappa shape index (κ2) is 7.17. The molecule has 1 unspecified atom stereocenters. The standard InChI is InChI=1S/C21H16N2O3S/c24-19(15-5-2-1-3-6-15)17-18(16-7-4-12-27-16)23(21(26)20(17)25)13-14-8-10-22-11-9-14/h1-12,18,24H,13H2/b19-17-. The van der Waals surface area contributed by atoms with Gasteiger partial charge in [-0.15, -0.1) is 11.3 Å². The highest BCUT2D eigenvalue weighted by Crippen LogP contribution is 2.41. The number of likely N-dealkylation sites (tertiary alicyclic amines) is 1. The molecule has 0 spiro atoms. The Kier molecular flexibility index (Phi) is 4.56. The van der Waals surface area contributed by atoms with Crippen molar-refractivity contribution in [3.05, 3.63) is 93.9 Å². The van der Waals surface area contributed by atoms with E-state index >= 15 is 0 Å². The summed E-state index contributed by atoms with van der Waals surface area (Å²) in [6.45, 7) is 0.265. The van der Waals surface area contributed by atoms with Crippen LogP contribution >= 0.6 is 11.3 Å². The summed E-state index contributed by atoms with van der Waals surface area (Å²) in [5.41, 5.74) is 1.51. The third-order valence-electron chi connectivity index (χ3n) is 4.50. The highest BCUT2D eigenvalue weighted by Gasteiger charge is 2.46. The van der Waals surface area contributed by atoms with Crippen LogP contribution in [0.2, 0.25) is 0 Å². The molecule has 1 aliphatic heterocycles. The highest BCUT2D eigenvalue weighted by molar-refractivity contribution is 7.10. The second-order valence-electron chi connectivity index (χ2n) is 6.16. The molecule has 3 aromatic rings. The molecule has 0 bridgehead atoms. The van der Waals surface area contributed by atoms with E-state index in [9.17, 15) is 14.7 Å². The molecule has 4 rings (SSSR count). The first-order valence-corrected chi connectivity index (χ1v) is 9.31. The minimum absolute atomic E-state index is 0.128. The zero-order valence-corrected chi connectivity index (χ0v) is 15.1. The molecule has 2 aromatic heterocycles. The fourth-order valence-corrected chi connectivity index (χ4v) is 4.07. The molecular formula is C21H16N2O3S. The van der Waals surface area contributed by atoms with E-state index in [2.05, 4.69) is 4.98 Å². The van der Waals surface area contributed by atoms with Crippen molar-refractivity contribution in [3.8, 4) is 0 Å². The van der Waals surface area contributed by atoms with Crippen LogP contribution in [0.5, 0.6) is 0 Å². The van der Waals surface area contributed by atoms with Crippen molar-refractivity contribution in [2.75, 3.05) is 0 Å². The molecule has 5 nitrogen and oxygen atoms in total. The van der Waals surface area contributed by atoms with E-state index in [0.717, 1.165) is 10.4 Å². The second-order valence-corrected chi connectivity index (χ2v) is 7.14. The highest BCUT2D eigenvalue weighted by atomic mass is 32.1. The third kappa shape index (κ3) is 3.15. The minimum Gasteiger partial charge on any atom is -0.507 e. The number of hydrogen-bond donors (Lipinski definition) is 1. The van der Waals surface area contributed by atoms with Crippen molar-refractivity contribution in [2.45, 2.75) is 12.6 Å². The molecule has 27 heavy (non-hydrogen) atoms. The van der Waals surface area contributed by atoms with Crippen molar-refractivity contribution in [2.24, 2.45) is 0 Å². The number of aliphatic hydroxyl groups is 1. The van der Waals surface area contributed by atoms with E-state index in [1.54, 1.807) is 36.7 Å². The predicted octanol–water partition coefficient (Wildman–Crippen LogP) is 3.77. The Labute approximate surface area is 160 Å². The number of carbonyl (C=O) groups excluding carboxylic acids is 2. The molecule has 1 aliphatic rings. The molecule has 1 amide bonds. The topological polar surface area (TPSA) is 70.5 Å². The fourth-order valence-electron chi connectivity index (χ4n) is 3.22. The van der Waals surface area contributed by atoms with Gasteiger partial charge < -0.3 is 10.0 Å². The van der Waals surface area contributed by atoms with Crippen LogP contribution in [-0.2, 0) is 16.1 Å². The van der Waals surface area contributed by atoms with Crippen LogP contribution in [0.4, 0.5) is 0 Å². The molecule has 1 fully saturated rings. The van der Waals surface area contributed by atoms with Gasteiger partial charge in [0, 0.05) is 29.4 Å². The van der Waals surface area contributed by atoms with Gasteiger partial charge in [0.05, 0.1) is 11.6 Å². The van der Waals surface area contributed by atoms with Gasteiger partial charge in [-0.1, -0.05) is 36.4 Å². The molecule has 1 saturated heterocycles. The van der Waals surface area contributed by atoms with E-state index in [1.807, 2.05) is 35.7 Å². The van der Waals surface area contributed by atoms with Gasteiger partial charge in [0.2, 0.25) is 0 Å². The number of benzene rings is 1. The maximum Gasteiger partial charge on any atom is 0.295 e. The molecular weight excluding hydrogens is 360 g/mol. The first-order valence-electron chi connectivity index (χ1n) is 8.43. The van der Waals surface area contributed by atoms with Gasteiger partial charge >= 0.3 is 0 Å². The van der Waals surface area contributed by atoms with E-state index in [1.165, 1.54) is 16.2 Å². The van der Waals surface area contributed by atoms with Gasteiger partial charge in [-0.05, 0) is 29.1 Å². The van der Waals surface area contributed by atoms with Crippen LogP contribution in [0.1, 0.15) is 22.0 Å². The molecule has 134 valence electrons. The van der Waals surface area contributed by atoms with Crippen LogP contribution < -0.4 is 0 Å². The summed E-state index contributed by atoms with van der Waals surface area (Å²) in [5.74, 6) is -1.42. The molecule has 0 saturated carbocycles. The zero-order valence-electron chi connectivity index (χ0n) is 14.3. The van der Waals surface area contributed by atoms with Crippen molar-refractivity contribution >= 4 is 28.8 Å². The zero-order chi connectivity index (χ0) is 18.8. The molecule has 1 N–H and O–H groups in total. The molecule has 1 aromatic carbocycles. The maximum atomic E-state index is 12.8. The average Bonchev–Trinajstić information content (AvgIpc) is 3.32. The molecule has 1 atom stereocenters. The van der Waals surface area contributed by atoms with E-state index in [-0.39, 0.29) is 17.9 Å². The number of amides is 1. The third-order valence-corrected chi connectivity index (χ3v) is 5.43. The SMILES string of the molecule is O=C1C(=O)N(Cc2ccncc2)C(c2cccs2)/C1=C(/O)c1ccccc1. The predicted molar refractivity (Wildman–Crippen MR) is 103 cm³/mol. The van der Waals surface area contributed by atoms with Crippen LogP contribution in [0.15, 0.2) is 77.9 Å². The largest absolute Gasteiger partial charge is 0.507 e. The van der Waals surface area contributed by atoms with Crippen LogP contribution in [-0.4, -0.2) is 26.7 Å². The number of thiophene rings is 1. The molecule has 0 aliphatic carbocycles. The Hall–Kier alpha value is -3.25. The summed E-state index contributed by atoms with van der Waals surface area (Å²) in [4.78, 5) is 31.9. The Morgan fingerprint density at radius 2 is 1.78 bits per heavy atom. The number of ketones is 1. The summed E-state index contributed by atoms with van der Waals surface area (Å²) in [5, 5.41) is 12.7. The van der Waals surface area contributed by atoms with Crippen molar-refractivity contribution < 1.29 is 14.7 Å². The number of aliphatic hydroxyl groups excluding tert-OH is 1. The number of pyridine rings is 1. The molecule has 0 radical (unpaired) electrons. The minimum atomic E-state index is -0.663. The van der Waals surface area contributed by atoms with Gasteiger partial charge in [0.25, 0.3) is 11.7 Å². The van der Waals surface area contributed by atoms with Crippen LogP contribution in [0.25, 0.3) is 5.76 Å². The number of Topliss-reactive ketones (excluding diaryl/α,β-unsaturated/α-hetero) is 1. The Morgan fingerprint density at radius 1 is 1.04 bits per heavy atom. The van der Waals surface area contributed by atoms with Gasteiger partial charge in [0.1, 0.15) is 5.76 Å². The summed E-state index contributed by atoms with van der Waals surface area (Å²) in [6.07, 6.45) is 3.30. The number of rotatable bonds is 4. The first-order chi connectivity index (χ1) is 13.2. The summed E-state index contributed by atoms with van der Waals surface area (Å²) >= 11 is 1.45. The fraction of sp³-hybridized carbons (Fsp3) is 0.0952. The van der Waals surface area contributed by atoms with Gasteiger partial charge in [-0.2, -0.15) is 0 Å². The molecule has 6 heteroatoms. The lowest BCUT2D eigenvalue weighted by Gasteiger charge is -2.24. The average molecular weight is 376 g/mol. The lowest BCUT2D eigenvalue weighted by atomic mass is 10.00. The van der Waals surface area contributed by atoms with Crippen molar-refractivity contribution in [1.29, 1.82) is 0 Å². The van der Waals surface area contributed by atoms with E-state index < -0.39 is 17.7 Å². The monoisotopic (exact) mass is 376 g/mol. The lowest BCUT2D eigenvalue weighted by molar-refractivity contribution is -0.140. The van der Waals surface area contributed by atoms with Crippen molar-refractivity contribution in [3.63, 3.8) is 0 Å².